The molecular formula is C9H9Li. The van der Waals surface area contributed by atoms with E-state index in [1.807, 2.05) is 18.2 Å². The molecule has 0 aliphatic carbocycles. The Bertz CT molecular complexity index is 179. The van der Waals surface area contributed by atoms with Gasteiger partial charge in [-0.05, 0) is 12.0 Å². The maximum absolute atomic E-state index is 5.24. The average Bonchev–Trinajstić information content (AvgIpc) is 1.91. The van der Waals surface area contributed by atoms with Gasteiger partial charge in [0, 0.05) is 0 Å². The molecule has 1 rings (SSSR count). The van der Waals surface area contributed by atoms with E-state index in [0.717, 1.165) is 6.42 Å². The minimum absolute atomic E-state index is 0. The van der Waals surface area contributed by atoms with Gasteiger partial charge in [-0.1, -0.05) is 30.3 Å². The molecule has 0 spiro atoms. The van der Waals surface area contributed by atoms with Crippen LogP contribution in [-0.4, -0.2) is 0 Å². The third-order valence-corrected chi connectivity index (χ3v) is 1.20. The maximum Gasteiger partial charge on any atom is 1.00 e. The molecule has 0 bridgehead atoms. The fourth-order valence-corrected chi connectivity index (χ4v) is 0.750. The van der Waals surface area contributed by atoms with Gasteiger partial charge in [0.1, 0.15) is 0 Å². The fraction of sp³-hybridized carbons (Fsp3) is 0.111. The molecule has 0 nitrogen and oxygen atoms in total. The second kappa shape index (κ2) is 5.35. The normalized spacial score (nSPS) is 8.00. The van der Waals surface area contributed by atoms with Crippen LogP contribution in [0.3, 0.4) is 0 Å². The first kappa shape index (κ1) is 9.56. The van der Waals surface area contributed by atoms with Crippen LogP contribution in [0.2, 0.25) is 0 Å². The molecule has 0 N–H and O–H groups in total. The van der Waals surface area contributed by atoms with Gasteiger partial charge in [0.25, 0.3) is 0 Å². The van der Waals surface area contributed by atoms with Crippen LogP contribution in [0.5, 0.6) is 0 Å². The Kier molecular flexibility index (Phi) is 5.11. The van der Waals surface area contributed by atoms with Crippen molar-refractivity contribution >= 4 is 0 Å². The summed E-state index contributed by atoms with van der Waals surface area (Å²) >= 11 is 0. The van der Waals surface area contributed by atoms with E-state index in [1.165, 1.54) is 5.56 Å². The van der Waals surface area contributed by atoms with Gasteiger partial charge in [0.2, 0.25) is 0 Å². The number of benzene rings is 1. The van der Waals surface area contributed by atoms with E-state index in [0.29, 0.717) is 0 Å². The first-order chi connectivity index (χ1) is 4.43. The van der Waals surface area contributed by atoms with Crippen LogP contribution in [0.25, 0.3) is 0 Å². The molecule has 0 saturated carbocycles. The van der Waals surface area contributed by atoms with E-state index in [4.69, 9.17) is 6.58 Å². The second-order valence-electron chi connectivity index (χ2n) is 1.93. The zero-order valence-electron chi connectivity index (χ0n) is 6.25. The average molecular weight is 124 g/mol. The number of hydrogen-bond acceptors (Lipinski definition) is 0. The third-order valence-electron chi connectivity index (χ3n) is 1.20. The zero-order chi connectivity index (χ0) is 6.53. The van der Waals surface area contributed by atoms with Gasteiger partial charge in [-0.2, -0.15) is 0 Å². The monoisotopic (exact) mass is 124 g/mol. The van der Waals surface area contributed by atoms with Crippen LogP contribution in [0.4, 0.5) is 0 Å². The van der Waals surface area contributed by atoms with Crippen LogP contribution >= 0.6 is 0 Å². The molecule has 1 heteroatoms. The first-order valence-electron chi connectivity index (χ1n) is 3.01. The molecule has 0 saturated heterocycles. The van der Waals surface area contributed by atoms with Crippen molar-refractivity contribution in [3.8, 4) is 0 Å². The Balaban J connectivity index is 0.000000810. The van der Waals surface area contributed by atoms with Crippen molar-refractivity contribution in [2.75, 3.05) is 0 Å². The molecule has 0 heterocycles. The van der Waals surface area contributed by atoms with Gasteiger partial charge in [-0.25, -0.2) is 0 Å². The summed E-state index contributed by atoms with van der Waals surface area (Å²) in [5.74, 6) is 0. The molecule has 0 unspecified atom stereocenters. The van der Waals surface area contributed by atoms with E-state index < -0.39 is 0 Å². The molecule has 10 heavy (non-hydrogen) atoms. The van der Waals surface area contributed by atoms with Crippen molar-refractivity contribution in [2.45, 2.75) is 6.42 Å². The van der Waals surface area contributed by atoms with Crippen LogP contribution in [0, 0.1) is 6.58 Å². The number of rotatable bonds is 2. The Morgan fingerprint density at radius 3 is 2.30 bits per heavy atom. The quantitative estimate of drug-likeness (QED) is 0.358. The topological polar surface area (TPSA) is 0 Å². The predicted molar refractivity (Wildman–Crippen MR) is 39.0 cm³/mol. The molecule has 0 aromatic heterocycles. The van der Waals surface area contributed by atoms with E-state index in [1.54, 1.807) is 6.08 Å². The predicted octanol–water partition coefficient (Wildman–Crippen LogP) is -0.778. The molecule has 0 atom stereocenters. The van der Waals surface area contributed by atoms with E-state index in [9.17, 15) is 0 Å². The van der Waals surface area contributed by atoms with Gasteiger partial charge >= 0.3 is 18.9 Å². The second-order valence-corrected chi connectivity index (χ2v) is 1.93. The minimum Gasteiger partial charge on any atom is -0.518 e. The van der Waals surface area contributed by atoms with Crippen LogP contribution in [-0.2, 0) is 6.42 Å². The van der Waals surface area contributed by atoms with Crippen molar-refractivity contribution < 1.29 is 18.9 Å². The van der Waals surface area contributed by atoms with E-state index in [-0.39, 0.29) is 18.9 Å². The fourth-order valence-electron chi connectivity index (χ4n) is 0.750. The Morgan fingerprint density at radius 2 is 1.80 bits per heavy atom. The van der Waals surface area contributed by atoms with Gasteiger partial charge in [-0.3, -0.25) is 6.08 Å². The van der Waals surface area contributed by atoms with Crippen molar-refractivity contribution in [3.05, 3.63) is 48.6 Å². The molecule has 0 radical (unpaired) electrons. The van der Waals surface area contributed by atoms with Crippen molar-refractivity contribution in [3.63, 3.8) is 0 Å². The molecule has 46 valence electrons. The van der Waals surface area contributed by atoms with Crippen LogP contribution < -0.4 is 18.9 Å². The summed E-state index contributed by atoms with van der Waals surface area (Å²) in [5, 5.41) is 0. The molecule has 0 amide bonds. The summed E-state index contributed by atoms with van der Waals surface area (Å²) in [5.41, 5.74) is 1.26. The van der Waals surface area contributed by atoms with Crippen LogP contribution in [0.1, 0.15) is 5.56 Å². The van der Waals surface area contributed by atoms with Gasteiger partial charge in [0.05, 0.1) is 0 Å². The summed E-state index contributed by atoms with van der Waals surface area (Å²) < 4.78 is 0. The molecular weight excluding hydrogens is 115 g/mol. The number of allylic oxidation sites excluding steroid dienone is 1. The molecule has 0 aliphatic rings. The van der Waals surface area contributed by atoms with Crippen molar-refractivity contribution in [1.82, 2.24) is 0 Å². The van der Waals surface area contributed by atoms with Crippen molar-refractivity contribution in [1.29, 1.82) is 0 Å². The summed E-state index contributed by atoms with van der Waals surface area (Å²) in [6, 6.07) is 10.1. The van der Waals surface area contributed by atoms with E-state index >= 15 is 0 Å². The van der Waals surface area contributed by atoms with Gasteiger partial charge < -0.3 is 6.58 Å². The van der Waals surface area contributed by atoms with Gasteiger partial charge in [-0.15, -0.1) is 0 Å². The SMILES string of the molecule is [CH-]=CCc1ccccc1.[Li+]. The van der Waals surface area contributed by atoms with Crippen LogP contribution in [0.15, 0.2) is 36.4 Å². The molecule has 1 aromatic rings. The smallest absolute Gasteiger partial charge is 0.518 e. The van der Waals surface area contributed by atoms with Crippen molar-refractivity contribution in [2.24, 2.45) is 0 Å². The van der Waals surface area contributed by atoms with Gasteiger partial charge in [0.15, 0.2) is 0 Å². The van der Waals surface area contributed by atoms with E-state index in [2.05, 4.69) is 12.1 Å². The maximum atomic E-state index is 5.24. The number of hydrogen-bond donors (Lipinski definition) is 0. The summed E-state index contributed by atoms with van der Waals surface area (Å²) in [7, 11) is 0. The largest absolute Gasteiger partial charge is 1.00 e. The Labute approximate surface area is 74.1 Å². The minimum atomic E-state index is 0. The molecule has 0 aliphatic heterocycles. The molecule has 0 fully saturated rings. The summed E-state index contributed by atoms with van der Waals surface area (Å²) in [6.45, 7) is 5.24. The Morgan fingerprint density at radius 1 is 1.20 bits per heavy atom. The Hall–Kier alpha value is -0.443. The third kappa shape index (κ3) is 2.92. The first-order valence-corrected chi connectivity index (χ1v) is 3.01. The molecule has 1 aromatic carbocycles. The summed E-state index contributed by atoms with van der Waals surface area (Å²) in [4.78, 5) is 0. The zero-order valence-corrected chi connectivity index (χ0v) is 6.25. The summed E-state index contributed by atoms with van der Waals surface area (Å²) in [6.07, 6.45) is 2.52. The standard InChI is InChI=1S/C9H9.Li/c1-2-6-9-7-4-3-5-8-9;/h1-5,7-8H,6H2;/q-1;+1.